The van der Waals surface area contributed by atoms with E-state index in [1.54, 1.807) is 0 Å². The molecule has 2 saturated heterocycles. The summed E-state index contributed by atoms with van der Waals surface area (Å²) in [4.78, 5) is 12.5. The van der Waals surface area contributed by atoms with Crippen molar-refractivity contribution in [2.45, 2.75) is 58.3 Å². The Bertz CT molecular complexity index is 780. The molecule has 0 spiro atoms. The van der Waals surface area contributed by atoms with Gasteiger partial charge in [0.05, 0.1) is 0 Å². The quantitative estimate of drug-likeness (QED) is 0.795. The molecule has 2 aliphatic heterocycles. The SMILES string of the molecule is CCC1CN(c2ccc(CN)cn2)CCN1C1CCN(Cc2ccc(C)cc2)CC1. The molecule has 4 rings (SSSR count). The summed E-state index contributed by atoms with van der Waals surface area (Å²) >= 11 is 0. The van der Waals surface area contributed by atoms with Crippen LogP contribution in [-0.2, 0) is 13.1 Å². The van der Waals surface area contributed by atoms with Crippen LogP contribution in [0.4, 0.5) is 5.82 Å². The molecule has 2 N–H and O–H groups in total. The van der Waals surface area contributed by atoms with E-state index in [0.717, 1.165) is 43.6 Å². The lowest BCUT2D eigenvalue weighted by atomic mass is 9.97. The largest absolute Gasteiger partial charge is 0.354 e. The molecule has 0 aliphatic carbocycles. The monoisotopic (exact) mass is 407 g/mol. The van der Waals surface area contributed by atoms with Crippen molar-refractivity contribution >= 4 is 5.82 Å². The number of aryl methyl sites for hydroxylation is 1. The number of aromatic nitrogens is 1. The first-order valence-corrected chi connectivity index (χ1v) is 11.6. The summed E-state index contributed by atoms with van der Waals surface area (Å²) in [6.07, 6.45) is 5.69. The second-order valence-electron chi connectivity index (χ2n) is 8.97. The number of benzene rings is 1. The van der Waals surface area contributed by atoms with E-state index in [1.807, 2.05) is 6.20 Å². The van der Waals surface area contributed by atoms with Gasteiger partial charge in [0.2, 0.25) is 0 Å². The molecule has 2 aromatic rings. The van der Waals surface area contributed by atoms with Gasteiger partial charge < -0.3 is 10.6 Å². The molecule has 5 heteroatoms. The summed E-state index contributed by atoms with van der Waals surface area (Å²) in [6.45, 7) is 11.8. The predicted molar refractivity (Wildman–Crippen MR) is 125 cm³/mol. The van der Waals surface area contributed by atoms with Crippen LogP contribution in [0.2, 0.25) is 0 Å². The first-order valence-electron chi connectivity index (χ1n) is 11.6. The summed E-state index contributed by atoms with van der Waals surface area (Å²) in [7, 11) is 0. The van der Waals surface area contributed by atoms with Gasteiger partial charge in [-0.1, -0.05) is 42.8 Å². The number of nitrogens with zero attached hydrogens (tertiary/aromatic N) is 4. The van der Waals surface area contributed by atoms with Crippen LogP contribution in [0.25, 0.3) is 0 Å². The minimum absolute atomic E-state index is 0.557. The van der Waals surface area contributed by atoms with E-state index in [4.69, 9.17) is 5.73 Å². The molecule has 0 bridgehead atoms. The lowest BCUT2D eigenvalue weighted by molar-refractivity contribution is 0.0610. The minimum atomic E-state index is 0.557. The maximum absolute atomic E-state index is 5.72. The molecule has 0 radical (unpaired) electrons. The third-order valence-corrected chi connectivity index (χ3v) is 6.92. The minimum Gasteiger partial charge on any atom is -0.354 e. The zero-order valence-corrected chi connectivity index (χ0v) is 18.6. The summed E-state index contributed by atoms with van der Waals surface area (Å²) < 4.78 is 0. The fraction of sp³-hybridized carbons (Fsp3) is 0.560. The Morgan fingerprint density at radius 1 is 0.967 bits per heavy atom. The van der Waals surface area contributed by atoms with Crippen LogP contribution in [-0.4, -0.2) is 59.6 Å². The number of nitrogens with two attached hydrogens (primary N) is 1. The lowest BCUT2D eigenvalue weighted by Crippen LogP contribution is -2.58. The molecule has 2 fully saturated rings. The number of hydrogen-bond donors (Lipinski definition) is 1. The number of likely N-dealkylation sites (tertiary alicyclic amines) is 1. The Kier molecular flexibility index (Phi) is 7.03. The van der Waals surface area contributed by atoms with E-state index in [-0.39, 0.29) is 0 Å². The van der Waals surface area contributed by atoms with Crippen molar-refractivity contribution in [3.8, 4) is 0 Å². The number of rotatable bonds is 6. The van der Waals surface area contributed by atoms with Crippen LogP contribution in [0.5, 0.6) is 0 Å². The van der Waals surface area contributed by atoms with Crippen LogP contribution >= 0.6 is 0 Å². The van der Waals surface area contributed by atoms with Gasteiger partial charge in [-0.05, 0) is 56.5 Å². The Balaban J connectivity index is 1.30. The van der Waals surface area contributed by atoms with Crippen molar-refractivity contribution in [3.63, 3.8) is 0 Å². The number of pyridine rings is 1. The molecular weight excluding hydrogens is 370 g/mol. The molecule has 3 heterocycles. The van der Waals surface area contributed by atoms with Gasteiger partial charge in [0.25, 0.3) is 0 Å². The van der Waals surface area contributed by atoms with Gasteiger partial charge >= 0.3 is 0 Å². The number of piperidine rings is 1. The molecule has 1 aromatic carbocycles. The third-order valence-electron chi connectivity index (χ3n) is 6.92. The summed E-state index contributed by atoms with van der Waals surface area (Å²) in [5, 5.41) is 0. The Hall–Kier alpha value is -1.95. The predicted octanol–water partition coefficient (Wildman–Crippen LogP) is 3.41. The van der Waals surface area contributed by atoms with E-state index in [9.17, 15) is 0 Å². The first-order chi connectivity index (χ1) is 14.7. The highest BCUT2D eigenvalue weighted by Crippen LogP contribution is 2.26. The summed E-state index contributed by atoms with van der Waals surface area (Å²) in [5.74, 6) is 1.10. The van der Waals surface area contributed by atoms with Crippen LogP contribution < -0.4 is 10.6 Å². The molecule has 5 nitrogen and oxygen atoms in total. The second kappa shape index (κ2) is 9.90. The van der Waals surface area contributed by atoms with Crippen molar-refractivity contribution in [2.24, 2.45) is 5.73 Å². The average molecular weight is 408 g/mol. The normalized spacial score (nSPS) is 21.8. The van der Waals surface area contributed by atoms with E-state index < -0.39 is 0 Å². The summed E-state index contributed by atoms with van der Waals surface area (Å²) in [6, 6.07) is 14.6. The van der Waals surface area contributed by atoms with Gasteiger partial charge in [-0.3, -0.25) is 9.80 Å². The molecule has 1 atom stereocenters. The Morgan fingerprint density at radius 2 is 1.70 bits per heavy atom. The standard InChI is InChI=1S/C25H37N5/c1-3-23-19-29(25-9-8-22(16-26)17-27-25)14-15-30(23)24-10-12-28(13-11-24)18-21-6-4-20(2)5-7-21/h4-9,17,23-24H,3,10-16,18-19,26H2,1-2H3. The molecule has 1 unspecified atom stereocenters. The van der Waals surface area contributed by atoms with Crippen molar-refractivity contribution in [1.82, 2.24) is 14.8 Å². The number of piperazine rings is 1. The third kappa shape index (κ3) is 5.02. The topological polar surface area (TPSA) is 48.6 Å². The zero-order chi connectivity index (χ0) is 20.9. The summed E-state index contributed by atoms with van der Waals surface area (Å²) in [5.41, 5.74) is 9.59. The van der Waals surface area contributed by atoms with Crippen molar-refractivity contribution in [2.75, 3.05) is 37.6 Å². The van der Waals surface area contributed by atoms with Crippen molar-refractivity contribution < 1.29 is 0 Å². The molecule has 1 aromatic heterocycles. The second-order valence-corrected chi connectivity index (χ2v) is 8.97. The van der Waals surface area contributed by atoms with E-state index in [1.165, 1.54) is 43.5 Å². The number of anilines is 1. The molecular formula is C25H37N5. The van der Waals surface area contributed by atoms with Crippen LogP contribution in [0.3, 0.4) is 0 Å². The fourth-order valence-corrected chi connectivity index (χ4v) is 5.01. The lowest BCUT2D eigenvalue weighted by Gasteiger charge is -2.47. The van der Waals surface area contributed by atoms with E-state index in [2.05, 4.69) is 69.9 Å². The average Bonchev–Trinajstić information content (AvgIpc) is 2.81. The maximum atomic E-state index is 5.72. The van der Waals surface area contributed by atoms with Crippen LogP contribution in [0.15, 0.2) is 42.6 Å². The van der Waals surface area contributed by atoms with E-state index >= 15 is 0 Å². The van der Waals surface area contributed by atoms with Gasteiger partial charge in [0.1, 0.15) is 5.82 Å². The molecule has 30 heavy (non-hydrogen) atoms. The van der Waals surface area contributed by atoms with Crippen LogP contribution in [0.1, 0.15) is 42.9 Å². The highest BCUT2D eigenvalue weighted by molar-refractivity contribution is 5.40. The number of hydrogen-bond acceptors (Lipinski definition) is 5. The maximum Gasteiger partial charge on any atom is 0.128 e. The Morgan fingerprint density at radius 3 is 2.33 bits per heavy atom. The van der Waals surface area contributed by atoms with Gasteiger partial charge in [-0.15, -0.1) is 0 Å². The Labute approximate surface area is 181 Å². The highest BCUT2D eigenvalue weighted by Gasteiger charge is 2.33. The zero-order valence-electron chi connectivity index (χ0n) is 18.6. The first kappa shape index (κ1) is 21.3. The van der Waals surface area contributed by atoms with Gasteiger partial charge in [-0.2, -0.15) is 0 Å². The van der Waals surface area contributed by atoms with Gasteiger partial charge in [-0.25, -0.2) is 4.98 Å². The van der Waals surface area contributed by atoms with Crippen molar-refractivity contribution in [1.29, 1.82) is 0 Å². The van der Waals surface area contributed by atoms with Crippen molar-refractivity contribution in [3.05, 3.63) is 59.3 Å². The molecule has 2 aliphatic rings. The molecule has 162 valence electrons. The van der Waals surface area contributed by atoms with Crippen LogP contribution in [0, 0.1) is 6.92 Å². The van der Waals surface area contributed by atoms with E-state index in [0.29, 0.717) is 12.6 Å². The molecule has 0 amide bonds. The molecule has 0 saturated carbocycles. The van der Waals surface area contributed by atoms with Gasteiger partial charge in [0.15, 0.2) is 0 Å². The highest BCUT2D eigenvalue weighted by atomic mass is 15.3. The van der Waals surface area contributed by atoms with Gasteiger partial charge in [0, 0.05) is 51.0 Å². The smallest absolute Gasteiger partial charge is 0.128 e. The fourth-order valence-electron chi connectivity index (χ4n) is 5.01.